The van der Waals surface area contributed by atoms with E-state index >= 15 is 0 Å². The lowest BCUT2D eigenvalue weighted by atomic mass is 10.1. The van der Waals surface area contributed by atoms with Crippen LogP contribution in [0.15, 0.2) is 102 Å². The van der Waals surface area contributed by atoms with Crippen molar-refractivity contribution in [1.82, 2.24) is 29.5 Å². The van der Waals surface area contributed by atoms with Crippen LogP contribution in [0.25, 0.3) is 45.1 Å². The Morgan fingerprint density at radius 3 is 2.24 bits per heavy atom. The van der Waals surface area contributed by atoms with Crippen molar-refractivity contribution in [2.45, 2.75) is 0 Å². The predicted molar refractivity (Wildman–Crippen MR) is 132 cm³/mol. The highest BCUT2D eigenvalue weighted by atomic mass is 35.5. The summed E-state index contributed by atoms with van der Waals surface area (Å²) in [5.74, 6) is 0.495. The topological polar surface area (TPSA) is 81.4 Å². The second-order valence-corrected chi connectivity index (χ2v) is 8.18. The number of aromatic nitrogens is 6. The first-order chi connectivity index (χ1) is 16.7. The fourth-order valence-corrected chi connectivity index (χ4v) is 4.04. The van der Waals surface area contributed by atoms with Gasteiger partial charge in [-0.15, -0.1) is 5.10 Å². The maximum Gasteiger partial charge on any atom is 0.269 e. The van der Waals surface area contributed by atoms with Crippen molar-refractivity contribution in [2.75, 3.05) is 0 Å². The summed E-state index contributed by atoms with van der Waals surface area (Å²) in [4.78, 5) is 18.6. The molecule has 0 spiro atoms. The molecule has 0 saturated heterocycles. The SMILES string of the molecule is O=c1c2cn(-c3ccccc3)nc2nc(-c2ccc(-c3ccn[nH]3)cc2)n1-c1ccc(Cl)cc1. The van der Waals surface area contributed by atoms with Gasteiger partial charge in [-0.05, 0) is 48.0 Å². The Hall–Kier alpha value is -4.49. The van der Waals surface area contributed by atoms with Gasteiger partial charge in [0, 0.05) is 23.0 Å². The van der Waals surface area contributed by atoms with Gasteiger partial charge in [0.1, 0.15) is 11.2 Å². The van der Waals surface area contributed by atoms with Gasteiger partial charge in [0.05, 0.1) is 17.1 Å². The van der Waals surface area contributed by atoms with Gasteiger partial charge in [-0.2, -0.15) is 5.10 Å². The van der Waals surface area contributed by atoms with E-state index < -0.39 is 0 Å². The molecule has 0 atom stereocenters. The number of fused-ring (bicyclic) bond motifs is 1. The molecule has 0 aliphatic carbocycles. The maximum absolute atomic E-state index is 13.7. The molecule has 6 aromatic rings. The van der Waals surface area contributed by atoms with E-state index in [-0.39, 0.29) is 5.56 Å². The molecule has 0 radical (unpaired) electrons. The first-order valence-corrected chi connectivity index (χ1v) is 11.0. The van der Waals surface area contributed by atoms with Gasteiger partial charge in [0.2, 0.25) is 0 Å². The highest BCUT2D eigenvalue weighted by molar-refractivity contribution is 6.30. The van der Waals surface area contributed by atoms with E-state index in [1.165, 1.54) is 0 Å². The summed E-state index contributed by atoms with van der Waals surface area (Å²) in [7, 11) is 0. The van der Waals surface area contributed by atoms with Crippen molar-refractivity contribution >= 4 is 22.6 Å². The smallest absolute Gasteiger partial charge is 0.269 e. The van der Waals surface area contributed by atoms with Crippen molar-refractivity contribution in [2.24, 2.45) is 0 Å². The molecule has 8 heteroatoms. The minimum Gasteiger partial charge on any atom is -0.278 e. The molecule has 164 valence electrons. The van der Waals surface area contributed by atoms with Crippen LogP contribution >= 0.6 is 11.6 Å². The average Bonchev–Trinajstić information content (AvgIpc) is 3.56. The van der Waals surface area contributed by atoms with Crippen LogP contribution < -0.4 is 5.56 Å². The van der Waals surface area contributed by atoms with E-state index in [0.29, 0.717) is 27.6 Å². The van der Waals surface area contributed by atoms with Crippen molar-refractivity contribution in [3.05, 3.63) is 113 Å². The second-order valence-electron chi connectivity index (χ2n) is 7.75. The lowest BCUT2D eigenvalue weighted by Gasteiger charge is -2.13. The number of nitrogens with zero attached hydrogens (tertiary/aromatic N) is 5. The Kier molecular flexibility index (Phi) is 4.82. The van der Waals surface area contributed by atoms with E-state index in [4.69, 9.17) is 16.6 Å². The predicted octanol–water partition coefficient (Wildman–Crippen LogP) is 5.28. The third kappa shape index (κ3) is 3.48. The van der Waals surface area contributed by atoms with Crippen LogP contribution in [0.4, 0.5) is 0 Å². The lowest BCUT2D eigenvalue weighted by molar-refractivity contribution is 0.888. The second kappa shape index (κ2) is 8.13. The maximum atomic E-state index is 13.7. The Bertz CT molecular complexity index is 1650. The Labute approximate surface area is 198 Å². The molecule has 3 aromatic heterocycles. The summed E-state index contributed by atoms with van der Waals surface area (Å²) in [6, 6.07) is 26.5. The number of hydrogen-bond acceptors (Lipinski definition) is 4. The molecule has 34 heavy (non-hydrogen) atoms. The van der Waals surface area contributed by atoms with Crippen LogP contribution in [0, 0.1) is 0 Å². The highest BCUT2D eigenvalue weighted by Gasteiger charge is 2.18. The van der Waals surface area contributed by atoms with Gasteiger partial charge < -0.3 is 0 Å². The molecule has 0 bridgehead atoms. The quantitative estimate of drug-likeness (QED) is 0.384. The van der Waals surface area contributed by atoms with Crippen LogP contribution in [0.1, 0.15) is 0 Å². The normalized spacial score (nSPS) is 11.2. The number of nitrogens with one attached hydrogen (secondary N) is 1. The van der Waals surface area contributed by atoms with Crippen molar-refractivity contribution in [3.63, 3.8) is 0 Å². The number of H-pyrrole nitrogens is 1. The molecule has 0 unspecified atom stereocenters. The molecule has 0 aliphatic rings. The number of para-hydroxylation sites is 1. The molecule has 3 heterocycles. The summed E-state index contributed by atoms with van der Waals surface area (Å²) >= 11 is 6.10. The summed E-state index contributed by atoms with van der Waals surface area (Å²) in [5.41, 5.74) is 4.37. The number of rotatable bonds is 4. The molecule has 0 aliphatic heterocycles. The third-order valence-electron chi connectivity index (χ3n) is 5.61. The molecule has 3 aromatic carbocycles. The van der Waals surface area contributed by atoms with Gasteiger partial charge >= 0.3 is 0 Å². The molecule has 6 rings (SSSR count). The summed E-state index contributed by atoms with van der Waals surface area (Å²) in [6.07, 6.45) is 3.43. The van der Waals surface area contributed by atoms with E-state index in [1.54, 1.807) is 45.9 Å². The monoisotopic (exact) mass is 464 g/mol. The Balaban J connectivity index is 1.57. The van der Waals surface area contributed by atoms with Gasteiger partial charge in [-0.3, -0.25) is 14.5 Å². The number of hydrogen-bond donors (Lipinski definition) is 1. The number of aromatic amines is 1. The van der Waals surface area contributed by atoms with Gasteiger partial charge in [0.15, 0.2) is 5.65 Å². The molecular weight excluding hydrogens is 448 g/mol. The van der Waals surface area contributed by atoms with Crippen molar-refractivity contribution < 1.29 is 0 Å². The largest absolute Gasteiger partial charge is 0.278 e. The average molecular weight is 465 g/mol. The zero-order valence-corrected chi connectivity index (χ0v) is 18.5. The highest BCUT2D eigenvalue weighted by Crippen LogP contribution is 2.26. The van der Waals surface area contributed by atoms with E-state index in [1.807, 2.05) is 60.7 Å². The molecule has 0 fully saturated rings. The molecule has 0 saturated carbocycles. The van der Waals surface area contributed by atoms with E-state index in [9.17, 15) is 4.79 Å². The minimum absolute atomic E-state index is 0.206. The Morgan fingerprint density at radius 1 is 0.794 bits per heavy atom. The first-order valence-electron chi connectivity index (χ1n) is 10.6. The number of halogens is 1. The molecule has 1 N–H and O–H groups in total. The fraction of sp³-hybridized carbons (Fsp3) is 0. The first kappa shape index (κ1) is 20.1. The third-order valence-corrected chi connectivity index (χ3v) is 5.86. The zero-order valence-electron chi connectivity index (χ0n) is 17.8. The van der Waals surface area contributed by atoms with Gasteiger partial charge in [0.25, 0.3) is 5.56 Å². The summed E-state index contributed by atoms with van der Waals surface area (Å²) in [5, 5.41) is 12.6. The van der Waals surface area contributed by atoms with Crippen LogP contribution in [-0.4, -0.2) is 29.5 Å². The lowest BCUT2D eigenvalue weighted by Crippen LogP contribution is -2.21. The number of benzene rings is 3. The van der Waals surface area contributed by atoms with Crippen LogP contribution in [0.3, 0.4) is 0 Å². The van der Waals surface area contributed by atoms with Crippen molar-refractivity contribution in [1.29, 1.82) is 0 Å². The fourth-order valence-electron chi connectivity index (χ4n) is 3.92. The van der Waals surface area contributed by atoms with E-state index in [2.05, 4.69) is 15.3 Å². The zero-order chi connectivity index (χ0) is 23.1. The minimum atomic E-state index is -0.206. The van der Waals surface area contributed by atoms with Crippen LogP contribution in [0.5, 0.6) is 0 Å². The molecule has 0 amide bonds. The Morgan fingerprint density at radius 2 is 1.53 bits per heavy atom. The van der Waals surface area contributed by atoms with Gasteiger partial charge in [-0.25, -0.2) is 9.67 Å². The van der Waals surface area contributed by atoms with Crippen LogP contribution in [0.2, 0.25) is 5.02 Å². The standard InChI is InChI=1S/C26H17ClN6O/c27-19-10-12-21(13-11-19)33-25(18-8-6-17(7-9-18)23-14-15-28-30-23)29-24-22(26(33)34)16-32(31-24)20-4-2-1-3-5-20/h1-16H,(H,28,30). The summed E-state index contributed by atoms with van der Waals surface area (Å²) < 4.78 is 3.28. The summed E-state index contributed by atoms with van der Waals surface area (Å²) in [6.45, 7) is 0. The van der Waals surface area contributed by atoms with Crippen LogP contribution in [-0.2, 0) is 0 Å². The van der Waals surface area contributed by atoms with E-state index in [0.717, 1.165) is 22.5 Å². The molecule has 7 nitrogen and oxygen atoms in total. The van der Waals surface area contributed by atoms with Crippen molar-refractivity contribution in [3.8, 4) is 34.0 Å². The molecular formula is C26H17ClN6O. The van der Waals surface area contributed by atoms with Gasteiger partial charge in [-0.1, -0.05) is 54.1 Å².